The monoisotopic (exact) mass is 408 g/mol. The molecule has 2 aromatic carbocycles. The third-order valence-corrected chi connectivity index (χ3v) is 5.81. The molecule has 0 bridgehead atoms. The van der Waals surface area contributed by atoms with Crippen molar-refractivity contribution in [2.75, 3.05) is 0 Å². The lowest BCUT2D eigenvalue weighted by Crippen LogP contribution is -2.18. The Balaban J connectivity index is 1.91. The highest BCUT2D eigenvalue weighted by Crippen LogP contribution is 2.42. The Labute approximate surface area is 177 Å². The number of nitrogens with zero attached hydrogens (tertiary/aromatic N) is 2. The highest BCUT2D eigenvalue weighted by Gasteiger charge is 2.33. The molecule has 3 rings (SSSR count). The van der Waals surface area contributed by atoms with E-state index in [4.69, 9.17) is 4.84 Å². The number of carbonyl (C=O) groups excluding carboxylic acids is 1. The fraction of sp³-hybridized carbons (Fsp3) is 0.417. The number of oxime groups is 1. The summed E-state index contributed by atoms with van der Waals surface area (Å²) in [6.07, 6.45) is 2.03. The van der Waals surface area contributed by atoms with Gasteiger partial charge in [0.15, 0.2) is 0 Å². The number of hydrogen-bond acceptors (Lipinski definition) is 5. The first kappa shape index (κ1) is 21.7. The molecule has 0 saturated heterocycles. The van der Waals surface area contributed by atoms with Crippen molar-refractivity contribution in [2.24, 2.45) is 5.16 Å². The van der Waals surface area contributed by atoms with Crippen molar-refractivity contribution >= 4 is 17.4 Å². The van der Waals surface area contributed by atoms with Crippen LogP contribution < -0.4 is 0 Å². The topological polar surface area (TPSA) is 81.8 Å². The molecule has 1 aliphatic carbocycles. The third kappa shape index (κ3) is 4.27. The summed E-state index contributed by atoms with van der Waals surface area (Å²) in [6.45, 7) is 12.9. The number of nitro groups is 1. The molecular formula is C24H28N2O4. The van der Waals surface area contributed by atoms with E-state index in [0.29, 0.717) is 5.71 Å². The molecule has 0 radical (unpaired) electrons. The third-order valence-electron chi connectivity index (χ3n) is 5.81. The van der Waals surface area contributed by atoms with E-state index in [-0.39, 0.29) is 22.1 Å². The summed E-state index contributed by atoms with van der Waals surface area (Å²) in [5.74, 6) is -0.645. The van der Waals surface area contributed by atoms with Crippen LogP contribution in [-0.4, -0.2) is 16.6 Å². The maximum Gasteiger partial charge on any atom is 0.365 e. The molecule has 0 saturated carbocycles. The fourth-order valence-corrected chi connectivity index (χ4v) is 3.80. The molecule has 30 heavy (non-hydrogen) atoms. The molecule has 6 nitrogen and oxygen atoms in total. The zero-order valence-corrected chi connectivity index (χ0v) is 18.4. The highest BCUT2D eigenvalue weighted by atomic mass is 16.7. The van der Waals surface area contributed by atoms with Gasteiger partial charge in [-0.3, -0.25) is 10.1 Å². The van der Waals surface area contributed by atoms with Crippen LogP contribution >= 0.6 is 0 Å². The number of benzene rings is 2. The molecule has 0 heterocycles. The van der Waals surface area contributed by atoms with E-state index < -0.39 is 10.9 Å². The van der Waals surface area contributed by atoms with Crippen LogP contribution in [0.5, 0.6) is 0 Å². The van der Waals surface area contributed by atoms with E-state index in [1.54, 1.807) is 0 Å². The predicted molar refractivity (Wildman–Crippen MR) is 117 cm³/mol. The minimum Gasteiger partial charge on any atom is -0.313 e. The Morgan fingerprint density at radius 1 is 1.17 bits per heavy atom. The van der Waals surface area contributed by atoms with Gasteiger partial charge >= 0.3 is 5.97 Å². The van der Waals surface area contributed by atoms with Gasteiger partial charge in [0.05, 0.1) is 16.2 Å². The van der Waals surface area contributed by atoms with E-state index in [0.717, 1.165) is 18.4 Å². The van der Waals surface area contributed by atoms with Crippen molar-refractivity contribution in [1.82, 2.24) is 0 Å². The van der Waals surface area contributed by atoms with Gasteiger partial charge in [0, 0.05) is 17.7 Å². The summed E-state index contributed by atoms with van der Waals surface area (Å²) in [6, 6.07) is 9.74. The number of rotatable bonds is 4. The molecule has 1 aliphatic rings. The van der Waals surface area contributed by atoms with Crippen LogP contribution in [-0.2, 0) is 22.1 Å². The Morgan fingerprint density at radius 2 is 1.80 bits per heavy atom. The Hall–Kier alpha value is -3.02. The second kappa shape index (κ2) is 7.67. The van der Waals surface area contributed by atoms with Gasteiger partial charge in [0.25, 0.3) is 5.69 Å². The van der Waals surface area contributed by atoms with Crippen molar-refractivity contribution < 1.29 is 14.6 Å². The minimum absolute atomic E-state index is 0.0157. The summed E-state index contributed by atoms with van der Waals surface area (Å²) in [5, 5.41) is 14.9. The van der Waals surface area contributed by atoms with E-state index >= 15 is 0 Å². The average Bonchev–Trinajstić information content (AvgIpc) is 2.99. The lowest BCUT2D eigenvalue weighted by atomic mass is 9.79. The van der Waals surface area contributed by atoms with Crippen LogP contribution in [0.3, 0.4) is 0 Å². The summed E-state index contributed by atoms with van der Waals surface area (Å²) in [4.78, 5) is 27.7. The second-order valence-corrected chi connectivity index (χ2v) is 9.54. The smallest absolute Gasteiger partial charge is 0.313 e. The van der Waals surface area contributed by atoms with Crippen LogP contribution in [0, 0.1) is 10.1 Å². The van der Waals surface area contributed by atoms with Crippen LogP contribution in [0.2, 0.25) is 0 Å². The molecule has 0 atom stereocenters. The minimum atomic E-state index is -0.645. The predicted octanol–water partition coefficient (Wildman–Crippen LogP) is 5.70. The normalized spacial score (nSPS) is 15.6. The van der Waals surface area contributed by atoms with Crippen molar-refractivity contribution in [2.45, 2.75) is 65.2 Å². The summed E-state index contributed by atoms with van der Waals surface area (Å²) in [5.41, 5.74) is 5.70. The van der Waals surface area contributed by atoms with Gasteiger partial charge in [-0.25, -0.2) is 4.79 Å². The van der Waals surface area contributed by atoms with Crippen LogP contribution in [0.15, 0.2) is 41.6 Å². The molecule has 0 amide bonds. The number of hydrogen-bond donors (Lipinski definition) is 0. The Bertz CT molecular complexity index is 1030. The molecule has 0 aromatic heterocycles. The first-order chi connectivity index (χ1) is 13.9. The summed E-state index contributed by atoms with van der Waals surface area (Å²) >= 11 is 0. The maximum atomic E-state index is 12.3. The Kier molecular flexibility index (Phi) is 5.54. The second-order valence-electron chi connectivity index (χ2n) is 9.54. The standard InChI is InChI=1S/C24H28N2O4/c1-15(25-30-22(27)16-7-9-18(10-8-16)26(28)29)20-13-17(23(2,3)4)14-21-19(20)11-12-24(21,5)6/h7-10,13-14H,11-12H2,1-6H3/b25-15+. The number of nitro benzene ring substituents is 1. The average molecular weight is 408 g/mol. The molecule has 0 spiro atoms. The lowest BCUT2D eigenvalue weighted by Gasteiger charge is -2.26. The van der Waals surface area contributed by atoms with E-state index in [1.807, 2.05) is 6.92 Å². The van der Waals surface area contributed by atoms with Crippen molar-refractivity contribution in [3.8, 4) is 0 Å². The van der Waals surface area contributed by atoms with Crippen LogP contribution in [0.4, 0.5) is 5.69 Å². The van der Waals surface area contributed by atoms with Crippen molar-refractivity contribution in [1.29, 1.82) is 0 Å². The maximum absolute atomic E-state index is 12.3. The van der Waals surface area contributed by atoms with Gasteiger partial charge in [0.1, 0.15) is 0 Å². The zero-order valence-electron chi connectivity index (χ0n) is 18.4. The van der Waals surface area contributed by atoms with E-state index in [9.17, 15) is 14.9 Å². The van der Waals surface area contributed by atoms with Gasteiger partial charge in [-0.15, -0.1) is 0 Å². The van der Waals surface area contributed by atoms with Gasteiger partial charge in [-0.05, 0) is 65.5 Å². The Morgan fingerprint density at radius 3 is 2.37 bits per heavy atom. The fourth-order valence-electron chi connectivity index (χ4n) is 3.80. The van der Waals surface area contributed by atoms with Crippen molar-refractivity contribution in [3.05, 3.63) is 74.3 Å². The highest BCUT2D eigenvalue weighted by molar-refractivity contribution is 6.01. The van der Waals surface area contributed by atoms with Crippen molar-refractivity contribution in [3.63, 3.8) is 0 Å². The molecule has 0 fully saturated rings. The first-order valence-electron chi connectivity index (χ1n) is 10.1. The van der Waals surface area contributed by atoms with Crippen LogP contribution in [0.1, 0.15) is 80.6 Å². The zero-order chi connectivity index (χ0) is 22.3. The summed E-state index contributed by atoms with van der Waals surface area (Å²) < 4.78 is 0. The molecule has 0 aliphatic heterocycles. The van der Waals surface area contributed by atoms with E-state index in [2.05, 4.69) is 51.9 Å². The molecular weight excluding hydrogens is 380 g/mol. The van der Waals surface area contributed by atoms with Gasteiger partial charge in [-0.1, -0.05) is 45.8 Å². The molecule has 158 valence electrons. The molecule has 0 N–H and O–H groups in total. The first-order valence-corrected chi connectivity index (χ1v) is 10.1. The molecule has 2 aromatic rings. The lowest BCUT2D eigenvalue weighted by molar-refractivity contribution is -0.384. The summed E-state index contributed by atoms with van der Waals surface area (Å²) in [7, 11) is 0. The van der Waals surface area contributed by atoms with Gasteiger partial charge in [0.2, 0.25) is 0 Å². The van der Waals surface area contributed by atoms with E-state index in [1.165, 1.54) is 41.0 Å². The van der Waals surface area contributed by atoms with Crippen LogP contribution in [0.25, 0.3) is 0 Å². The molecule has 6 heteroatoms. The largest absolute Gasteiger partial charge is 0.365 e. The van der Waals surface area contributed by atoms with Gasteiger partial charge < -0.3 is 4.84 Å². The number of fused-ring (bicyclic) bond motifs is 1. The van der Waals surface area contributed by atoms with Gasteiger partial charge in [-0.2, -0.15) is 0 Å². The number of non-ortho nitro benzene ring substituents is 1. The molecule has 0 unspecified atom stereocenters. The number of carbonyl (C=O) groups is 1. The SMILES string of the molecule is C/C(=N\OC(=O)c1ccc([N+](=O)[O-])cc1)c1cc(C(C)(C)C)cc2c1CCC2(C)C. The quantitative estimate of drug-likeness (QED) is 0.281.